The van der Waals surface area contributed by atoms with Gasteiger partial charge in [-0.15, -0.1) is 16.4 Å². The van der Waals surface area contributed by atoms with Crippen molar-refractivity contribution in [2.45, 2.75) is 26.1 Å². The van der Waals surface area contributed by atoms with Gasteiger partial charge < -0.3 is 10.6 Å². The first-order chi connectivity index (χ1) is 9.11. The number of thiophene rings is 1. The lowest BCUT2D eigenvalue weighted by atomic mass is 10.2. The lowest BCUT2D eigenvalue weighted by Gasteiger charge is -2.23. The Morgan fingerprint density at radius 2 is 2.42 bits per heavy atom. The minimum atomic E-state index is -0.00521. The first kappa shape index (κ1) is 13.7. The molecule has 1 unspecified atom stereocenters. The molecular weight excluding hydrogens is 262 g/mol. The van der Waals surface area contributed by atoms with Gasteiger partial charge in [0.05, 0.1) is 17.9 Å². The fraction of sp³-hybridized carbons (Fsp3) is 0.417. The maximum atomic E-state index is 12.2. The fourth-order valence-electron chi connectivity index (χ4n) is 1.70. The Morgan fingerprint density at radius 1 is 1.63 bits per heavy atom. The Balaban J connectivity index is 1.99. The Kier molecular flexibility index (Phi) is 4.28. The summed E-state index contributed by atoms with van der Waals surface area (Å²) in [7, 11) is 1.80. The van der Waals surface area contributed by atoms with E-state index in [2.05, 4.69) is 10.3 Å². The lowest BCUT2D eigenvalue weighted by molar-refractivity contribution is -0.132. The van der Waals surface area contributed by atoms with E-state index >= 15 is 0 Å². The Bertz CT molecular complexity index is 536. The van der Waals surface area contributed by atoms with Crippen LogP contribution in [0.2, 0.25) is 0 Å². The molecule has 7 heteroatoms. The molecule has 1 atom stereocenters. The Hall–Kier alpha value is -1.73. The molecule has 2 N–H and O–H groups in total. The van der Waals surface area contributed by atoms with E-state index in [0.29, 0.717) is 12.2 Å². The number of rotatable bonds is 5. The third kappa shape index (κ3) is 3.18. The highest BCUT2D eigenvalue weighted by Crippen LogP contribution is 2.23. The van der Waals surface area contributed by atoms with Crippen LogP contribution in [-0.4, -0.2) is 32.8 Å². The number of nitrogens with zero attached hydrogens (tertiary/aromatic N) is 4. The topological polar surface area (TPSA) is 77.0 Å². The molecule has 0 aromatic carbocycles. The molecule has 0 aliphatic carbocycles. The quantitative estimate of drug-likeness (QED) is 0.886. The van der Waals surface area contributed by atoms with Gasteiger partial charge in [0.2, 0.25) is 5.91 Å². The van der Waals surface area contributed by atoms with Gasteiger partial charge in [-0.25, -0.2) is 4.68 Å². The average molecular weight is 279 g/mol. The first-order valence-corrected chi connectivity index (χ1v) is 6.88. The van der Waals surface area contributed by atoms with Crippen molar-refractivity contribution in [3.8, 4) is 0 Å². The molecule has 2 aromatic heterocycles. The molecule has 0 bridgehead atoms. The van der Waals surface area contributed by atoms with Crippen molar-refractivity contribution < 1.29 is 4.79 Å². The maximum Gasteiger partial charge on any atom is 0.244 e. The van der Waals surface area contributed by atoms with Crippen molar-refractivity contribution in [2.75, 3.05) is 7.05 Å². The predicted octanol–water partition coefficient (Wildman–Crippen LogP) is 1.02. The van der Waals surface area contributed by atoms with Gasteiger partial charge >= 0.3 is 0 Å². The highest BCUT2D eigenvalue weighted by atomic mass is 32.1. The summed E-state index contributed by atoms with van der Waals surface area (Å²) < 4.78 is 1.52. The van der Waals surface area contributed by atoms with Gasteiger partial charge in [-0.2, -0.15) is 0 Å². The van der Waals surface area contributed by atoms with Crippen LogP contribution in [0.3, 0.4) is 0 Å². The smallest absolute Gasteiger partial charge is 0.244 e. The van der Waals surface area contributed by atoms with Crippen molar-refractivity contribution in [3.05, 3.63) is 34.3 Å². The largest absolute Gasteiger partial charge is 0.337 e. The third-order valence-electron chi connectivity index (χ3n) is 3.02. The summed E-state index contributed by atoms with van der Waals surface area (Å²) >= 11 is 1.65. The monoisotopic (exact) mass is 279 g/mol. The number of carbonyl (C=O) groups is 1. The molecule has 102 valence electrons. The number of likely N-dealkylation sites (N-methyl/N-ethyl adjacent to an activating group) is 1. The second kappa shape index (κ2) is 5.94. The van der Waals surface area contributed by atoms with E-state index in [-0.39, 0.29) is 18.5 Å². The predicted molar refractivity (Wildman–Crippen MR) is 73.4 cm³/mol. The number of carbonyl (C=O) groups excluding carboxylic acids is 1. The van der Waals surface area contributed by atoms with Gasteiger partial charge in [0.25, 0.3) is 0 Å². The maximum absolute atomic E-state index is 12.2. The molecule has 1 amide bonds. The Labute approximate surface area is 115 Å². The molecule has 2 heterocycles. The van der Waals surface area contributed by atoms with Crippen LogP contribution >= 0.6 is 11.3 Å². The van der Waals surface area contributed by atoms with Crippen molar-refractivity contribution in [1.29, 1.82) is 0 Å². The third-order valence-corrected chi connectivity index (χ3v) is 4.06. The number of hydrogen-bond donors (Lipinski definition) is 1. The average Bonchev–Trinajstić information content (AvgIpc) is 3.07. The fourth-order valence-corrected chi connectivity index (χ4v) is 2.52. The van der Waals surface area contributed by atoms with Crippen LogP contribution in [0.15, 0.2) is 23.7 Å². The van der Waals surface area contributed by atoms with E-state index in [1.165, 1.54) is 4.68 Å². The molecular formula is C12H17N5OS. The molecule has 0 radical (unpaired) electrons. The van der Waals surface area contributed by atoms with E-state index in [1.807, 2.05) is 24.4 Å². The first-order valence-electron chi connectivity index (χ1n) is 6.00. The highest BCUT2D eigenvalue weighted by molar-refractivity contribution is 7.10. The van der Waals surface area contributed by atoms with Crippen molar-refractivity contribution in [3.63, 3.8) is 0 Å². The summed E-state index contributed by atoms with van der Waals surface area (Å²) in [5.41, 5.74) is 6.14. The molecule has 0 aliphatic rings. The zero-order valence-electron chi connectivity index (χ0n) is 11.0. The van der Waals surface area contributed by atoms with Gasteiger partial charge in [-0.3, -0.25) is 4.79 Å². The van der Waals surface area contributed by atoms with E-state index < -0.39 is 0 Å². The summed E-state index contributed by atoms with van der Waals surface area (Å²) in [6.45, 7) is 2.52. The van der Waals surface area contributed by atoms with Crippen LogP contribution in [0.5, 0.6) is 0 Å². The molecule has 6 nitrogen and oxygen atoms in total. The van der Waals surface area contributed by atoms with Crippen LogP contribution in [-0.2, 0) is 17.9 Å². The molecule has 19 heavy (non-hydrogen) atoms. The molecule has 0 saturated carbocycles. The minimum Gasteiger partial charge on any atom is -0.337 e. The molecule has 2 aromatic rings. The number of aromatic nitrogens is 3. The Morgan fingerprint density at radius 3 is 3.00 bits per heavy atom. The summed E-state index contributed by atoms with van der Waals surface area (Å²) in [6, 6.07) is 4.07. The van der Waals surface area contributed by atoms with Crippen LogP contribution in [0.4, 0.5) is 0 Å². The zero-order chi connectivity index (χ0) is 13.8. The van der Waals surface area contributed by atoms with Crippen molar-refractivity contribution in [1.82, 2.24) is 19.9 Å². The van der Waals surface area contributed by atoms with E-state index in [9.17, 15) is 4.79 Å². The minimum absolute atomic E-state index is 0.00521. The highest BCUT2D eigenvalue weighted by Gasteiger charge is 2.18. The summed E-state index contributed by atoms with van der Waals surface area (Å²) in [4.78, 5) is 15.0. The van der Waals surface area contributed by atoms with Crippen molar-refractivity contribution in [2.24, 2.45) is 5.73 Å². The van der Waals surface area contributed by atoms with Crippen LogP contribution < -0.4 is 5.73 Å². The number of hydrogen-bond acceptors (Lipinski definition) is 5. The summed E-state index contributed by atoms with van der Waals surface area (Å²) in [5.74, 6) is -0.00521. The van der Waals surface area contributed by atoms with Crippen LogP contribution in [0.25, 0.3) is 0 Å². The number of nitrogens with two attached hydrogens (primary N) is 1. The standard InChI is InChI=1S/C12H17N5OS/c1-9(11-4-3-5-19-11)16(2)12(18)8-17-7-10(6-13)14-15-17/h3-5,7,9H,6,8,13H2,1-2H3. The van der Waals surface area contributed by atoms with Gasteiger partial charge in [0.1, 0.15) is 6.54 Å². The van der Waals surface area contributed by atoms with Crippen molar-refractivity contribution >= 4 is 17.2 Å². The van der Waals surface area contributed by atoms with Gasteiger partial charge in [0.15, 0.2) is 0 Å². The SMILES string of the molecule is CC(c1cccs1)N(C)C(=O)Cn1cc(CN)nn1. The molecule has 0 fully saturated rings. The van der Waals surface area contributed by atoms with E-state index in [0.717, 1.165) is 4.88 Å². The van der Waals surface area contributed by atoms with Crippen LogP contribution in [0.1, 0.15) is 23.5 Å². The van der Waals surface area contributed by atoms with Gasteiger partial charge in [-0.05, 0) is 18.4 Å². The van der Waals surface area contributed by atoms with Gasteiger partial charge in [0, 0.05) is 18.5 Å². The second-order valence-corrected chi connectivity index (χ2v) is 5.29. The molecule has 0 spiro atoms. The molecule has 0 saturated heterocycles. The molecule has 2 rings (SSSR count). The van der Waals surface area contributed by atoms with Gasteiger partial charge in [-0.1, -0.05) is 11.3 Å². The van der Waals surface area contributed by atoms with Crippen LogP contribution in [0, 0.1) is 0 Å². The number of amides is 1. The zero-order valence-corrected chi connectivity index (χ0v) is 11.8. The second-order valence-electron chi connectivity index (χ2n) is 4.31. The summed E-state index contributed by atoms with van der Waals surface area (Å²) in [5, 5.41) is 9.74. The normalized spacial score (nSPS) is 12.4. The molecule has 0 aliphatic heterocycles. The summed E-state index contributed by atoms with van der Waals surface area (Å²) in [6.07, 6.45) is 1.70. The lowest BCUT2D eigenvalue weighted by Crippen LogP contribution is -2.32. The van der Waals surface area contributed by atoms with E-state index in [1.54, 1.807) is 29.5 Å². The van der Waals surface area contributed by atoms with E-state index in [4.69, 9.17) is 5.73 Å².